The first-order valence-corrected chi connectivity index (χ1v) is 11.5. The molecule has 1 amide bonds. The molecule has 3 aromatic rings. The Hall–Kier alpha value is -4.89. The Bertz CT molecular complexity index is 1460. The van der Waals surface area contributed by atoms with Gasteiger partial charge in [-0.2, -0.15) is 13.7 Å². The first-order valence-electron chi connectivity index (χ1n) is 10.1. The van der Waals surface area contributed by atoms with E-state index in [1.807, 2.05) is 0 Å². The van der Waals surface area contributed by atoms with E-state index in [0.717, 1.165) is 6.07 Å². The first kappa shape index (κ1) is 25.7. The Kier molecular flexibility index (Phi) is 7.88. The van der Waals surface area contributed by atoms with Crippen LogP contribution in [0.5, 0.6) is 17.2 Å². The topological polar surface area (TPSA) is 158 Å². The molecule has 0 spiro atoms. The van der Waals surface area contributed by atoms with Crippen molar-refractivity contribution in [3.8, 4) is 23.3 Å². The molecule has 0 heterocycles. The minimum Gasteiger partial charge on any atom is -0.497 e. The van der Waals surface area contributed by atoms with Gasteiger partial charge in [0.15, 0.2) is 0 Å². The minimum absolute atomic E-state index is 0.0137. The van der Waals surface area contributed by atoms with Crippen LogP contribution in [0, 0.1) is 21.4 Å². The quantitative estimate of drug-likeness (QED) is 0.148. The molecule has 0 bridgehead atoms. The normalized spacial score (nSPS) is 11.2. The summed E-state index contributed by atoms with van der Waals surface area (Å²) in [6.07, 6.45) is 1.24. The zero-order valence-electron chi connectivity index (χ0n) is 19.0. The molecule has 1 N–H and O–H groups in total. The first-order chi connectivity index (χ1) is 17.2. The molecule has 0 saturated carbocycles. The highest BCUT2D eigenvalue weighted by Gasteiger charge is 2.20. The highest BCUT2D eigenvalue weighted by atomic mass is 32.2. The number of carbonyl (C=O) groups excluding carboxylic acids is 1. The second-order valence-electron chi connectivity index (χ2n) is 7.05. The lowest BCUT2D eigenvalue weighted by atomic mass is 10.1. The van der Waals surface area contributed by atoms with Crippen molar-refractivity contribution >= 4 is 33.5 Å². The van der Waals surface area contributed by atoms with Gasteiger partial charge in [0.25, 0.3) is 11.6 Å². The number of methoxy groups -OCH3 is 2. The van der Waals surface area contributed by atoms with Gasteiger partial charge in [-0.25, -0.2) is 0 Å². The van der Waals surface area contributed by atoms with Crippen LogP contribution in [-0.2, 0) is 14.9 Å². The molecule has 3 rings (SSSR count). The number of nitriles is 1. The zero-order valence-corrected chi connectivity index (χ0v) is 19.8. The summed E-state index contributed by atoms with van der Waals surface area (Å²) in [5, 5.41) is 23.1. The second kappa shape index (κ2) is 11.0. The van der Waals surface area contributed by atoms with E-state index in [-0.39, 0.29) is 27.7 Å². The van der Waals surface area contributed by atoms with Crippen LogP contribution in [0.25, 0.3) is 6.08 Å². The number of nitro benzene ring substituents is 1. The van der Waals surface area contributed by atoms with Crippen molar-refractivity contribution in [1.82, 2.24) is 0 Å². The third-order valence-corrected chi connectivity index (χ3v) is 6.02. The van der Waals surface area contributed by atoms with E-state index in [1.54, 1.807) is 6.07 Å². The van der Waals surface area contributed by atoms with E-state index < -0.39 is 26.6 Å². The van der Waals surface area contributed by atoms with Gasteiger partial charge in [-0.15, -0.1) is 0 Å². The summed E-state index contributed by atoms with van der Waals surface area (Å²) in [5.74, 6) is -0.135. The molecule has 0 radical (unpaired) electrons. The van der Waals surface area contributed by atoms with Crippen LogP contribution in [0.4, 0.5) is 11.4 Å². The molecule has 3 aromatic carbocycles. The smallest absolute Gasteiger partial charge is 0.339 e. The second-order valence-corrected chi connectivity index (χ2v) is 8.59. The fourth-order valence-corrected chi connectivity index (χ4v) is 3.87. The number of nitro groups is 1. The van der Waals surface area contributed by atoms with Gasteiger partial charge in [0.1, 0.15) is 39.5 Å². The summed E-state index contributed by atoms with van der Waals surface area (Å²) in [4.78, 5) is 23.1. The van der Waals surface area contributed by atoms with Crippen molar-refractivity contribution in [2.75, 3.05) is 19.5 Å². The molecule has 0 aliphatic heterocycles. The molecule has 12 heteroatoms. The Morgan fingerprint density at radius 3 is 2.11 bits per heavy atom. The van der Waals surface area contributed by atoms with Gasteiger partial charge in [0.2, 0.25) is 0 Å². The number of nitrogens with zero attached hydrogens (tertiary/aromatic N) is 2. The van der Waals surface area contributed by atoms with Gasteiger partial charge < -0.3 is 19.0 Å². The number of nitrogens with one attached hydrogen (secondary N) is 1. The number of carbonyl (C=O) groups is 1. The predicted molar refractivity (Wildman–Crippen MR) is 129 cm³/mol. The Morgan fingerprint density at radius 2 is 1.56 bits per heavy atom. The third kappa shape index (κ3) is 6.16. The summed E-state index contributed by atoms with van der Waals surface area (Å²) in [7, 11) is -1.29. The van der Waals surface area contributed by atoms with Gasteiger partial charge in [0.05, 0.1) is 25.2 Å². The molecule has 0 atom stereocenters. The van der Waals surface area contributed by atoms with Gasteiger partial charge in [-0.05, 0) is 60.2 Å². The number of amides is 1. The maximum Gasteiger partial charge on any atom is 0.339 e. The summed E-state index contributed by atoms with van der Waals surface area (Å²) in [6.45, 7) is 0. The van der Waals surface area contributed by atoms with Crippen LogP contribution in [0.1, 0.15) is 5.56 Å². The number of ether oxygens (including phenoxy) is 2. The summed E-state index contributed by atoms with van der Waals surface area (Å²) in [6, 6.07) is 16.9. The fraction of sp³-hybridized carbons (Fsp3) is 0.0833. The van der Waals surface area contributed by atoms with Crippen molar-refractivity contribution in [3.63, 3.8) is 0 Å². The number of anilines is 1. The Labute approximate surface area is 206 Å². The SMILES string of the molecule is COc1ccc(S(=O)(=O)Oc2ccc(/C=C(\C#N)C(=O)Nc3ccc(OC)cc3[N+](=O)[O-])cc2)cc1. The molecule has 0 fully saturated rings. The lowest BCUT2D eigenvalue weighted by molar-refractivity contribution is -0.384. The van der Waals surface area contributed by atoms with Gasteiger partial charge >= 0.3 is 10.1 Å². The predicted octanol–water partition coefficient (Wildman–Crippen LogP) is 3.93. The standard InChI is InChI=1S/C24H19N3O8S/c1-33-18-7-10-21(11-8-18)36(31,32)35-19-5-3-16(4-6-19)13-17(15-25)24(28)26-22-12-9-20(34-2)14-23(22)27(29)30/h3-14H,1-2H3,(H,26,28)/b17-13+. The number of hydrogen-bond donors (Lipinski definition) is 1. The molecule has 0 unspecified atom stereocenters. The third-order valence-electron chi connectivity index (χ3n) is 4.76. The van der Waals surface area contributed by atoms with Crippen LogP contribution in [0.2, 0.25) is 0 Å². The average Bonchev–Trinajstić information content (AvgIpc) is 2.88. The summed E-state index contributed by atoms with van der Waals surface area (Å²) in [5.41, 5.74) is -0.459. The monoisotopic (exact) mass is 509 g/mol. The van der Waals surface area contributed by atoms with Crippen molar-refractivity contribution in [2.45, 2.75) is 4.90 Å². The number of benzene rings is 3. The molecule has 11 nitrogen and oxygen atoms in total. The van der Waals surface area contributed by atoms with Crippen LogP contribution in [-0.4, -0.2) is 33.5 Å². The summed E-state index contributed by atoms with van der Waals surface area (Å²) >= 11 is 0. The van der Waals surface area contributed by atoms with Crippen molar-refractivity contribution in [1.29, 1.82) is 5.26 Å². The molecule has 0 aliphatic carbocycles. The Balaban J connectivity index is 1.76. The van der Waals surface area contributed by atoms with Crippen molar-refractivity contribution < 1.29 is 31.8 Å². The maximum absolute atomic E-state index is 12.6. The number of hydrogen-bond acceptors (Lipinski definition) is 9. The van der Waals surface area contributed by atoms with Gasteiger partial charge in [-0.3, -0.25) is 14.9 Å². The minimum atomic E-state index is -4.09. The largest absolute Gasteiger partial charge is 0.497 e. The lowest BCUT2D eigenvalue weighted by Crippen LogP contribution is -2.14. The maximum atomic E-state index is 12.6. The molecule has 36 heavy (non-hydrogen) atoms. The molecular weight excluding hydrogens is 490 g/mol. The molecule has 0 aromatic heterocycles. The average molecular weight is 509 g/mol. The van der Waals surface area contributed by atoms with E-state index in [1.165, 1.54) is 81.0 Å². The molecule has 0 aliphatic rings. The van der Waals surface area contributed by atoms with E-state index in [0.29, 0.717) is 11.3 Å². The van der Waals surface area contributed by atoms with E-state index >= 15 is 0 Å². The summed E-state index contributed by atoms with van der Waals surface area (Å²) < 4.78 is 40.0. The van der Waals surface area contributed by atoms with Gasteiger partial charge in [0, 0.05) is 0 Å². The Morgan fingerprint density at radius 1 is 0.972 bits per heavy atom. The molecular formula is C24H19N3O8S. The van der Waals surface area contributed by atoms with Crippen LogP contribution in [0.15, 0.2) is 77.2 Å². The molecule has 0 saturated heterocycles. The van der Waals surface area contributed by atoms with E-state index in [2.05, 4.69) is 5.32 Å². The highest BCUT2D eigenvalue weighted by Crippen LogP contribution is 2.29. The van der Waals surface area contributed by atoms with E-state index in [9.17, 15) is 28.6 Å². The van der Waals surface area contributed by atoms with Crippen molar-refractivity contribution in [3.05, 3.63) is 88.0 Å². The van der Waals surface area contributed by atoms with Crippen LogP contribution < -0.4 is 19.0 Å². The molecule has 184 valence electrons. The van der Waals surface area contributed by atoms with Crippen molar-refractivity contribution in [2.24, 2.45) is 0 Å². The highest BCUT2D eigenvalue weighted by molar-refractivity contribution is 7.87. The zero-order chi connectivity index (χ0) is 26.3. The van der Waals surface area contributed by atoms with Crippen LogP contribution >= 0.6 is 0 Å². The fourth-order valence-electron chi connectivity index (χ4n) is 2.94. The number of rotatable bonds is 9. The van der Waals surface area contributed by atoms with Gasteiger partial charge in [-0.1, -0.05) is 12.1 Å². The van der Waals surface area contributed by atoms with E-state index in [4.69, 9.17) is 13.7 Å². The lowest BCUT2D eigenvalue weighted by Gasteiger charge is -2.08. The van der Waals surface area contributed by atoms with Crippen LogP contribution in [0.3, 0.4) is 0 Å².